The van der Waals surface area contributed by atoms with Crippen LogP contribution in [0.3, 0.4) is 0 Å². The van der Waals surface area contributed by atoms with Gasteiger partial charge in [0.2, 0.25) is 0 Å². The van der Waals surface area contributed by atoms with E-state index in [0.717, 1.165) is 6.07 Å². The van der Waals surface area contributed by atoms with E-state index in [4.69, 9.17) is 0 Å². The minimum atomic E-state index is -0.582. The van der Waals surface area contributed by atoms with Gasteiger partial charge in [0.05, 0.1) is 18.2 Å². The molecule has 0 atom stereocenters. The van der Waals surface area contributed by atoms with Crippen LogP contribution in [0.2, 0.25) is 0 Å². The van der Waals surface area contributed by atoms with Gasteiger partial charge in [-0.3, -0.25) is 0 Å². The molecule has 0 aliphatic carbocycles. The van der Waals surface area contributed by atoms with Crippen molar-refractivity contribution in [2.75, 3.05) is 7.11 Å². The minimum absolute atomic E-state index is 0.152. The highest BCUT2D eigenvalue weighted by molar-refractivity contribution is 9.10. The van der Waals surface area contributed by atoms with Crippen molar-refractivity contribution in [2.45, 2.75) is 0 Å². The highest BCUT2D eigenvalue weighted by Crippen LogP contribution is 2.20. The van der Waals surface area contributed by atoms with E-state index in [2.05, 4.69) is 30.6 Å². The quantitative estimate of drug-likeness (QED) is 0.811. The number of esters is 1. The van der Waals surface area contributed by atoms with Gasteiger partial charge >= 0.3 is 5.97 Å². The lowest BCUT2D eigenvalue weighted by Gasteiger charge is -1.99. The number of aromatic amines is 1. The number of benzene rings is 1. The monoisotopic (exact) mass is 272 g/mol. The number of rotatable bonds is 1. The largest absolute Gasteiger partial charge is 0.465 e. The molecule has 1 aromatic heterocycles. The second kappa shape index (κ2) is 3.62. The minimum Gasteiger partial charge on any atom is -0.465 e. The summed E-state index contributed by atoms with van der Waals surface area (Å²) < 4.78 is 18.4. The maximum atomic E-state index is 13.4. The van der Waals surface area contributed by atoms with Crippen LogP contribution >= 0.6 is 15.9 Å². The van der Waals surface area contributed by atoms with E-state index in [1.807, 2.05) is 0 Å². The first kappa shape index (κ1) is 10.1. The van der Waals surface area contributed by atoms with Gasteiger partial charge in [-0.1, -0.05) is 0 Å². The summed E-state index contributed by atoms with van der Waals surface area (Å²) >= 11 is 3.09. The molecule has 15 heavy (non-hydrogen) atoms. The molecule has 0 spiro atoms. The van der Waals surface area contributed by atoms with Crippen LogP contribution < -0.4 is 0 Å². The van der Waals surface area contributed by atoms with Crippen LogP contribution in [0.25, 0.3) is 11.0 Å². The number of hydrogen-bond acceptors (Lipinski definition) is 3. The van der Waals surface area contributed by atoms with Crippen molar-refractivity contribution >= 4 is 32.9 Å². The highest BCUT2D eigenvalue weighted by Gasteiger charge is 2.13. The van der Waals surface area contributed by atoms with E-state index in [1.165, 1.54) is 13.2 Å². The first-order valence-electron chi connectivity index (χ1n) is 4.05. The van der Waals surface area contributed by atoms with Crippen molar-refractivity contribution in [3.8, 4) is 0 Å². The molecule has 0 fully saturated rings. The Morgan fingerprint density at radius 2 is 2.33 bits per heavy atom. The summed E-state index contributed by atoms with van der Waals surface area (Å²) in [7, 11) is 1.24. The molecule has 1 heterocycles. The lowest BCUT2D eigenvalue weighted by atomic mass is 10.2. The molecule has 0 unspecified atom stereocenters. The zero-order valence-corrected chi connectivity index (χ0v) is 9.26. The van der Waals surface area contributed by atoms with Gasteiger partial charge in [0.25, 0.3) is 0 Å². The number of aromatic nitrogens is 2. The summed E-state index contributed by atoms with van der Waals surface area (Å²) in [5.41, 5.74) is 0.787. The Hall–Kier alpha value is -1.43. The topological polar surface area (TPSA) is 55.0 Å². The van der Waals surface area contributed by atoms with Crippen LogP contribution in [0.15, 0.2) is 16.9 Å². The highest BCUT2D eigenvalue weighted by atomic mass is 79.9. The van der Waals surface area contributed by atoms with Crippen molar-refractivity contribution < 1.29 is 13.9 Å². The fraction of sp³-hybridized carbons (Fsp3) is 0.111. The van der Waals surface area contributed by atoms with Gasteiger partial charge in [0.1, 0.15) is 5.52 Å². The van der Waals surface area contributed by atoms with Gasteiger partial charge in [-0.15, -0.1) is 0 Å². The number of ether oxygens (including phenoxy) is 1. The van der Waals surface area contributed by atoms with Crippen molar-refractivity contribution in [2.24, 2.45) is 0 Å². The Bertz CT molecular complexity index is 538. The average Bonchev–Trinajstić information content (AvgIpc) is 2.58. The van der Waals surface area contributed by atoms with Crippen LogP contribution in [0.1, 0.15) is 10.4 Å². The molecule has 0 aliphatic rings. The Morgan fingerprint density at radius 1 is 1.60 bits per heavy atom. The molecule has 0 saturated heterocycles. The van der Waals surface area contributed by atoms with Crippen LogP contribution in [-0.2, 0) is 4.74 Å². The Balaban J connectivity index is 2.66. The van der Waals surface area contributed by atoms with Gasteiger partial charge in [0, 0.05) is 0 Å². The van der Waals surface area contributed by atoms with Gasteiger partial charge < -0.3 is 9.72 Å². The molecule has 2 aromatic rings. The number of imidazole rings is 1. The van der Waals surface area contributed by atoms with E-state index in [0.29, 0.717) is 10.3 Å². The van der Waals surface area contributed by atoms with E-state index in [1.54, 1.807) is 0 Å². The SMILES string of the molecule is COC(=O)c1cc(F)c2nc(Br)[nH]c2c1. The van der Waals surface area contributed by atoms with Crippen LogP contribution in [0.4, 0.5) is 4.39 Å². The van der Waals surface area contributed by atoms with E-state index in [9.17, 15) is 9.18 Å². The van der Waals surface area contributed by atoms with Gasteiger partial charge in [-0.2, -0.15) is 0 Å². The predicted octanol–water partition coefficient (Wildman–Crippen LogP) is 2.25. The average molecular weight is 273 g/mol. The summed E-state index contributed by atoms with van der Waals surface area (Å²) in [5.74, 6) is -1.14. The molecule has 1 N–H and O–H groups in total. The summed E-state index contributed by atoms with van der Waals surface area (Å²) in [6.07, 6.45) is 0. The molecular formula is C9H6BrFN2O2. The smallest absolute Gasteiger partial charge is 0.338 e. The Labute approximate surface area is 92.6 Å². The van der Waals surface area contributed by atoms with Crippen LogP contribution in [-0.4, -0.2) is 23.0 Å². The molecule has 6 heteroatoms. The number of methoxy groups -OCH3 is 1. The van der Waals surface area contributed by atoms with E-state index < -0.39 is 11.8 Å². The number of hydrogen-bond donors (Lipinski definition) is 1. The molecule has 0 radical (unpaired) electrons. The second-order valence-corrected chi connectivity index (χ2v) is 3.62. The maximum absolute atomic E-state index is 13.4. The second-order valence-electron chi connectivity index (χ2n) is 2.87. The number of H-pyrrole nitrogens is 1. The third kappa shape index (κ3) is 1.72. The first-order chi connectivity index (χ1) is 7.11. The summed E-state index contributed by atoms with van der Waals surface area (Å²) in [5, 5.41) is 0. The number of nitrogens with zero attached hydrogens (tertiary/aromatic N) is 1. The first-order valence-corrected chi connectivity index (χ1v) is 4.84. The van der Waals surface area contributed by atoms with Crippen molar-refractivity contribution in [3.63, 3.8) is 0 Å². The van der Waals surface area contributed by atoms with Gasteiger partial charge in [-0.05, 0) is 28.1 Å². The summed E-state index contributed by atoms with van der Waals surface area (Å²) in [4.78, 5) is 17.8. The number of carbonyl (C=O) groups excluding carboxylic acids is 1. The number of nitrogens with one attached hydrogen (secondary N) is 1. The number of fused-ring (bicyclic) bond motifs is 1. The molecule has 78 valence electrons. The third-order valence-corrected chi connectivity index (χ3v) is 2.31. The van der Waals surface area contributed by atoms with E-state index >= 15 is 0 Å². The molecule has 0 aliphatic heterocycles. The standard InChI is InChI=1S/C9H6BrFN2O2/c1-15-8(14)4-2-5(11)7-6(3-4)12-9(10)13-7/h2-3H,1H3,(H,12,13). The number of carbonyl (C=O) groups is 1. The van der Waals surface area contributed by atoms with Crippen molar-refractivity contribution in [3.05, 3.63) is 28.2 Å². The molecule has 0 amide bonds. The molecule has 2 rings (SSSR count). The predicted molar refractivity (Wildman–Crippen MR) is 55.1 cm³/mol. The zero-order chi connectivity index (χ0) is 11.0. The molecular weight excluding hydrogens is 267 g/mol. The Morgan fingerprint density at radius 3 is 3.00 bits per heavy atom. The van der Waals surface area contributed by atoms with Crippen LogP contribution in [0.5, 0.6) is 0 Å². The molecule has 0 bridgehead atoms. The fourth-order valence-electron chi connectivity index (χ4n) is 1.28. The fourth-order valence-corrected chi connectivity index (χ4v) is 1.67. The van der Waals surface area contributed by atoms with E-state index in [-0.39, 0.29) is 11.1 Å². The maximum Gasteiger partial charge on any atom is 0.338 e. The normalized spacial score (nSPS) is 10.6. The molecule has 0 saturated carbocycles. The van der Waals surface area contributed by atoms with Crippen molar-refractivity contribution in [1.82, 2.24) is 9.97 Å². The third-order valence-electron chi connectivity index (χ3n) is 1.93. The molecule has 4 nitrogen and oxygen atoms in total. The number of halogens is 2. The zero-order valence-electron chi connectivity index (χ0n) is 7.67. The van der Waals surface area contributed by atoms with Crippen molar-refractivity contribution in [1.29, 1.82) is 0 Å². The summed E-state index contributed by atoms with van der Waals surface area (Å²) in [6, 6.07) is 2.59. The Kier molecular flexibility index (Phi) is 2.44. The van der Waals surface area contributed by atoms with Gasteiger partial charge in [-0.25, -0.2) is 14.2 Å². The summed E-state index contributed by atoms with van der Waals surface area (Å²) in [6.45, 7) is 0. The van der Waals surface area contributed by atoms with Crippen LogP contribution in [0, 0.1) is 5.82 Å². The lowest BCUT2D eigenvalue weighted by molar-refractivity contribution is 0.0600. The molecule has 1 aromatic carbocycles. The lowest BCUT2D eigenvalue weighted by Crippen LogP contribution is -2.01. The van der Waals surface area contributed by atoms with Gasteiger partial charge in [0.15, 0.2) is 10.6 Å².